The molecule has 0 aliphatic carbocycles. The first-order valence-electron chi connectivity index (χ1n) is 7.29. The summed E-state index contributed by atoms with van der Waals surface area (Å²) in [5.41, 5.74) is 1.60. The molecule has 1 N–H and O–H groups in total. The van der Waals surface area contributed by atoms with Gasteiger partial charge >= 0.3 is 5.69 Å². The van der Waals surface area contributed by atoms with E-state index in [9.17, 15) is 14.9 Å². The molecule has 0 saturated heterocycles. The molecule has 126 valence electrons. The van der Waals surface area contributed by atoms with Gasteiger partial charge < -0.3 is 5.32 Å². The average Bonchev–Trinajstić information content (AvgIpc) is 2.80. The van der Waals surface area contributed by atoms with Gasteiger partial charge in [0, 0.05) is 17.6 Å². The van der Waals surface area contributed by atoms with Crippen LogP contribution < -0.4 is 5.32 Å². The van der Waals surface area contributed by atoms with E-state index in [1.165, 1.54) is 10.8 Å². The van der Waals surface area contributed by atoms with Crippen molar-refractivity contribution in [2.45, 2.75) is 20.4 Å². The number of aryl methyl sites for hydroxylation is 1. The zero-order valence-electron chi connectivity index (χ0n) is 13.3. The Kier molecular flexibility index (Phi) is 5.70. The number of nitrogens with zero attached hydrogens (tertiary/aromatic N) is 3. The number of rotatable bonds is 6. The number of carbonyl (C=O) groups excluding carboxylic acids is 1. The molecule has 2 rings (SSSR count). The second-order valence-corrected chi connectivity index (χ2v) is 5.55. The van der Waals surface area contributed by atoms with Crippen molar-refractivity contribution >= 4 is 29.3 Å². The SMILES string of the molecule is Cc1nn(CCNC(=O)/C=C/c2ccccc2Cl)c(C)c1[N+](=O)[O-]. The second kappa shape index (κ2) is 7.74. The minimum Gasteiger partial charge on any atom is -0.351 e. The summed E-state index contributed by atoms with van der Waals surface area (Å²) >= 11 is 6.00. The van der Waals surface area contributed by atoms with Crippen LogP contribution in [-0.2, 0) is 11.3 Å². The van der Waals surface area contributed by atoms with Crippen LogP contribution in [0, 0.1) is 24.0 Å². The molecule has 2 aromatic rings. The molecule has 1 aromatic heterocycles. The van der Waals surface area contributed by atoms with Gasteiger partial charge in [-0.1, -0.05) is 29.8 Å². The third-order valence-electron chi connectivity index (χ3n) is 3.47. The fourth-order valence-corrected chi connectivity index (χ4v) is 2.49. The monoisotopic (exact) mass is 348 g/mol. The minimum absolute atomic E-state index is 0.0138. The van der Waals surface area contributed by atoms with E-state index in [1.807, 2.05) is 12.1 Å². The Morgan fingerprint density at radius 2 is 2.12 bits per heavy atom. The van der Waals surface area contributed by atoms with Gasteiger partial charge in [-0.15, -0.1) is 0 Å². The van der Waals surface area contributed by atoms with Crippen LogP contribution in [0.3, 0.4) is 0 Å². The fourth-order valence-electron chi connectivity index (χ4n) is 2.29. The Bertz CT molecular complexity index is 799. The van der Waals surface area contributed by atoms with E-state index in [0.717, 1.165) is 5.56 Å². The van der Waals surface area contributed by atoms with Crippen molar-refractivity contribution < 1.29 is 9.72 Å². The Morgan fingerprint density at radius 1 is 1.42 bits per heavy atom. The predicted octanol–water partition coefficient (Wildman–Crippen LogP) is 2.89. The molecule has 24 heavy (non-hydrogen) atoms. The number of nitro groups is 1. The zero-order chi connectivity index (χ0) is 17.7. The van der Waals surface area contributed by atoms with Crippen molar-refractivity contribution in [3.05, 3.63) is 62.4 Å². The van der Waals surface area contributed by atoms with Gasteiger partial charge in [-0.25, -0.2) is 0 Å². The summed E-state index contributed by atoms with van der Waals surface area (Å²) in [6.07, 6.45) is 3.02. The molecule has 8 heteroatoms. The lowest BCUT2D eigenvalue weighted by Gasteiger charge is -2.04. The lowest BCUT2D eigenvalue weighted by molar-refractivity contribution is -0.386. The minimum atomic E-state index is -0.445. The van der Waals surface area contributed by atoms with Gasteiger partial charge in [-0.3, -0.25) is 19.6 Å². The molecule has 7 nitrogen and oxygen atoms in total. The molecule has 0 aliphatic heterocycles. The smallest absolute Gasteiger partial charge is 0.312 e. The van der Waals surface area contributed by atoms with Gasteiger partial charge in [0.25, 0.3) is 0 Å². The normalized spacial score (nSPS) is 11.0. The van der Waals surface area contributed by atoms with Crippen molar-refractivity contribution in [3.63, 3.8) is 0 Å². The molecule has 0 atom stereocenters. The number of aromatic nitrogens is 2. The molecule has 0 fully saturated rings. The van der Waals surface area contributed by atoms with E-state index in [0.29, 0.717) is 29.5 Å². The van der Waals surface area contributed by atoms with Gasteiger partial charge in [0.15, 0.2) is 0 Å². The van der Waals surface area contributed by atoms with Gasteiger partial charge in [-0.2, -0.15) is 5.10 Å². The van der Waals surface area contributed by atoms with Crippen LogP contribution in [0.15, 0.2) is 30.3 Å². The Balaban J connectivity index is 1.91. The summed E-state index contributed by atoms with van der Waals surface area (Å²) in [6.45, 7) is 3.89. The molecule has 1 heterocycles. The number of amides is 1. The van der Waals surface area contributed by atoms with E-state index >= 15 is 0 Å². The third kappa shape index (κ3) is 4.20. The van der Waals surface area contributed by atoms with E-state index in [-0.39, 0.29) is 11.6 Å². The highest BCUT2D eigenvalue weighted by atomic mass is 35.5. The first kappa shape index (κ1) is 17.7. The standard InChI is InChI=1S/C16H17ClN4O3/c1-11-16(21(23)24)12(2)20(19-11)10-9-18-15(22)8-7-13-5-3-4-6-14(13)17/h3-8H,9-10H2,1-2H3,(H,18,22)/b8-7+. The van der Waals surface area contributed by atoms with Crippen molar-refractivity contribution in [3.8, 4) is 0 Å². The lowest BCUT2D eigenvalue weighted by Crippen LogP contribution is -2.26. The molecule has 1 aromatic carbocycles. The summed E-state index contributed by atoms with van der Waals surface area (Å²) in [7, 11) is 0. The summed E-state index contributed by atoms with van der Waals surface area (Å²) in [6, 6.07) is 7.20. The molecule has 0 saturated carbocycles. The maximum atomic E-state index is 11.8. The van der Waals surface area contributed by atoms with Gasteiger partial charge in [0.1, 0.15) is 11.4 Å². The number of hydrogen-bond donors (Lipinski definition) is 1. The molecule has 0 unspecified atom stereocenters. The van der Waals surface area contributed by atoms with Crippen molar-refractivity contribution in [2.24, 2.45) is 0 Å². The molecular formula is C16H17ClN4O3. The highest BCUT2D eigenvalue weighted by molar-refractivity contribution is 6.32. The van der Waals surface area contributed by atoms with Crippen LogP contribution in [0.25, 0.3) is 6.08 Å². The highest BCUT2D eigenvalue weighted by Gasteiger charge is 2.21. The van der Waals surface area contributed by atoms with Crippen molar-refractivity contribution in [1.82, 2.24) is 15.1 Å². The van der Waals surface area contributed by atoms with Crippen molar-refractivity contribution in [1.29, 1.82) is 0 Å². The third-order valence-corrected chi connectivity index (χ3v) is 3.81. The molecular weight excluding hydrogens is 332 g/mol. The van der Waals surface area contributed by atoms with E-state index < -0.39 is 4.92 Å². The number of benzene rings is 1. The molecule has 0 bridgehead atoms. The topological polar surface area (TPSA) is 90.1 Å². The molecule has 0 radical (unpaired) electrons. The number of hydrogen-bond acceptors (Lipinski definition) is 4. The maximum absolute atomic E-state index is 11.8. The molecule has 0 spiro atoms. The number of nitrogens with one attached hydrogen (secondary N) is 1. The summed E-state index contributed by atoms with van der Waals surface area (Å²) in [4.78, 5) is 22.3. The first-order chi connectivity index (χ1) is 11.4. The largest absolute Gasteiger partial charge is 0.351 e. The highest BCUT2D eigenvalue weighted by Crippen LogP contribution is 2.21. The maximum Gasteiger partial charge on any atom is 0.312 e. The van der Waals surface area contributed by atoms with Gasteiger partial charge in [0.05, 0.1) is 11.5 Å². The predicted molar refractivity (Wildman–Crippen MR) is 91.9 cm³/mol. The van der Waals surface area contributed by atoms with Gasteiger partial charge in [-0.05, 0) is 31.6 Å². The molecule has 0 aliphatic rings. The zero-order valence-corrected chi connectivity index (χ0v) is 14.1. The van der Waals surface area contributed by atoms with Crippen LogP contribution in [0.2, 0.25) is 5.02 Å². The Morgan fingerprint density at radius 3 is 2.75 bits per heavy atom. The fraction of sp³-hybridized carbons (Fsp3) is 0.250. The summed E-state index contributed by atoms with van der Waals surface area (Å²) in [5, 5.41) is 18.3. The second-order valence-electron chi connectivity index (χ2n) is 5.15. The quantitative estimate of drug-likeness (QED) is 0.493. The first-order valence-corrected chi connectivity index (χ1v) is 7.66. The Hall–Kier alpha value is -2.67. The van der Waals surface area contributed by atoms with Crippen molar-refractivity contribution in [2.75, 3.05) is 6.54 Å². The summed E-state index contributed by atoms with van der Waals surface area (Å²) in [5.74, 6) is -0.272. The van der Waals surface area contributed by atoms with Crippen LogP contribution in [0.4, 0.5) is 5.69 Å². The van der Waals surface area contributed by atoms with Crippen LogP contribution in [0.1, 0.15) is 17.0 Å². The van der Waals surface area contributed by atoms with E-state index in [1.54, 1.807) is 32.1 Å². The van der Waals surface area contributed by atoms with Crippen LogP contribution in [0.5, 0.6) is 0 Å². The van der Waals surface area contributed by atoms with E-state index in [2.05, 4.69) is 10.4 Å². The van der Waals surface area contributed by atoms with Crippen LogP contribution in [-0.4, -0.2) is 27.2 Å². The number of halogens is 1. The Labute approximate surface area is 144 Å². The molecule has 1 amide bonds. The summed E-state index contributed by atoms with van der Waals surface area (Å²) < 4.78 is 1.52. The average molecular weight is 349 g/mol. The lowest BCUT2D eigenvalue weighted by atomic mass is 10.2. The van der Waals surface area contributed by atoms with Crippen LogP contribution >= 0.6 is 11.6 Å². The number of carbonyl (C=O) groups is 1. The van der Waals surface area contributed by atoms with Gasteiger partial charge in [0.2, 0.25) is 5.91 Å². The van der Waals surface area contributed by atoms with E-state index in [4.69, 9.17) is 11.6 Å².